The number of rotatable bonds is 16. The molecule has 2 aromatic rings. The molecule has 0 saturated heterocycles. The summed E-state index contributed by atoms with van der Waals surface area (Å²) in [5.41, 5.74) is 1.33. The number of hydrogen-bond donors (Lipinski definition) is 6. The van der Waals surface area contributed by atoms with E-state index < -0.39 is 23.9 Å². The molecule has 14 nitrogen and oxygen atoms in total. The minimum Gasteiger partial charge on any atom is -0.504 e. The van der Waals surface area contributed by atoms with Crippen LogP contribution in [0.4, 0.5) is 0 Å². The van der Waals surface area contributed by atoms with Crippen molar-refractivity contribution < 1.29 is 68.9 Å². The van der Waals surface area contributed by atoms with Crippen molar-refractivity contribution in [3.8, 4) is 23.0 Å². The van der Waals surface area contributed by atoms with Crippen LogP contribution in [0.2, 0.25) is 0 Å². The number of phenolic OH excluding ortho intramolecular Hbond substituents is 2. The minimum atomic E-state index is -0.948. The van der Waals surface area contributed by atoms with Gasteiger partial charge in [-0.25, -0.2) is 0 Å². The molecule has 0 aliphatic rings. The minimum absolute atomic E-state index is 0.00662. The highest BCUT2D eigenvalue weighted by atomic mass is 16.5. The van der Waals surface area contributed by atoms with Crippen LogP contribution in [0.15, 0.2) is 48.6 Å². The van der Waals surface area contributed by atoms with E-state index in [0.29, 0.717) is 22.6 Å². The maximum atomic E-state index is 11.9. The molecule has 0 aliphatic carbocycles. The number of ether oxygens (including phenoxy) is 2. The summed E-state index contributed by atoms with van der Waals surface area (Å²) in [7, 11) is 2.87. The third kappa shape index (κ3) is 20.0. The summed E-state index contributed by atoms with van der Waals surface area (Å²) < 4.78 is 10.00. The van der Waals surface area contributed by atoms with Gasteiger partial charge in [-0.15, -0.1) is 0 Å². The van der Waals surface area contributed by atoms with Gasteiger partial charge in [0.25, 0.3) is 0 Å². The first-order valence-corrected chi connectivity index (χ1v) is 13.2. The number of carboxylic acids is 4. The van der Waals surface area contributed by atoms with E-state index in [1.165, 1.54) is 38.5 Å². The van der Waals surface area contributed by atoms with Gasteiger partial charge in [-0.05, 0) is 60.4 Å². The molecular weight excluding hydrogens is 596 g/mol. The lowest BCUT2D eigenvalue weighted by atomic mass is 10.1. The SMILES string of the molecule is COc1cc(C=CC(=O)CC(=O)C=Cc2ccc(O)c(OC)c2)ccc1O.O=C(O)CCCC(=O)O.O=C(O)CCCC(=O)O. The Morgan fingerprint density at radius 1 is 0.578 bits per heavy atom. The number of carboxylic acid groups (broad SMARTS) is 4. The smallest absolute Gasteiger partial charge is 0.303 e. The zero-order valence-corrected chi connectivity index (χ0v) is 24.7. The number of benzene rings is 2. The zero-order valence-electron chi connectivity index (χ0n) is 24.7. The Kier molecular flexibility index (Phi) is 19.2. The number of methoxy groups -OCH3 is 2. The van der Waals surface area contributed by atoms with Crippen molar-refractivity contribution in [2.75, 3.05) is 14.2 Å². The monoisotopic (exact) mass is 632 g/mol. The Bertz CT molecular complexity index is 1240. The van der Waals surface area contributed by atoms with E-state index in [1.807, 2.05) is 0 Å². The zero-order chi connectivity index (χ0) is 34.4. The molecule has 244 valence electrons. The molecule has 6 N–H and O–H groups in total. The van der Waals surface area contributed by atoms with Gasteiger partial charge in [0.1, 0.15) is 0 Å². The van der Waals surface area contributed by atoms with Crippen molar-refractivity contribution in [3.63, 3.8) is 0 Å². The Hall–Kier alpha value is -5.66. The molecule has 0 amide bonds. The third-order valence-electron chi connectivity index (χ3n) is 5.24. The quantitative estimate of drug-likeness (QED) is 0.113. The average Bonchev–Trinajstić information content (AvgIpc) is 2.96. The van der Waals surface area contributed by atoms with Crippen LogP contribution in [0.3, 0.4) is 0 Å². The van der Waals surface area contributed by atoms with Gasteiger partial charge in [0.05, 0.1) is 20.6 Å². The van der Waals surface area contributed by atoms with E-state index >= 15 is 0 Å². The number of aliphatic carboxylic acids is 4. The molecule has 0 unspecified atom stereocenters. The second-order valence-corrected chi connectivity index (χ2v) is 8.92. The van der Waals surface area contributed by atoms with Crippen LogP contribution in [0, 0.1) is 0 Å². The van der Waals surface area contributed by atoms with Crippen LogP contribution in [-0.2, 0) is 28.8 Å². The van der Waals surface area contributed by atoms with Gasteiger partial charge < -0.3 is 40.1 Å². The Morgan fingerprint density at radius 2 is 0.889 bits per heavy atom. The Balaban J connectivity index is 0.000000880. The molecule has 0 aromatic heterocycles. The van der Waals surface area contributed by atoms with Crippen LogP contribution >= 0.6 is 0 Å². The summed E-state index contributed by atoms with van der Waals surface area (Å²) in [4.78, 5) is 63.0. The summed E-state index contributed by atoms with van der Waals surface area (Å²) >= 11 is 0. The molecule has 0 fully saturated rings. The Morgan fingerprint density at radius 3 is 1.16 bits per heavy atom. The molecule has 0 radical (unpaired) electrons. The maximum absolute atomic E-state index is 11.9. The first-order chi connectivity index (χ1) is 21.2. The third-order valence-corrected chi connectivity index (χ3v) is 5.24. The van der Waals surface area contributed by atoms with Crippen LogP contribution in [0.5, 0.6) is 23.0 Å². The highest BCUT2D eigenvalue weighted by Crippen LogP contribution is 2.27. The molecular formula is C31H36O14. The second-order valence-electron chi connectivity index (χ2n) is 8.92. The standard InChI is InChI=1S/C21H20O6.2C5H8O4/c1-26-20-11-14(5-9-18(20)24)3-7-16(22)13-17(23)8-4-15-6-10-19(25)21(12-15)27-2;2*6-4(7)2-1-3-5(8)9/h3-12,24-25H,13H2,1-2H3;2*1-3H2,(H,6,7)(H,8,9). The topological polar surface area (TPSA) is 242 Å². The number of allylic oxidation sites excluding steroid dienone is 2. The second kappa shape index (κ2) is 22.0. The van der Waals surface area contributed by atoms with Gasteiger partial charge in [-0.3, -0.25) is 28.8 Å². The number of ketones is 2. The van der Waals surface area contributed by atoms with E-state index in [1.54, 1.807) is 36.4 Å². The fourth-order valence-electron chi connectivity index (χ4n) is 3.05. The molecule has 45 heavy (non-hydrogen) atoms. The molecule has 14 heteroatoms. The van der Waals surface area contributed by atoms with E-state index in [-0.39, 0.29) is 68.0 Å². The van der Waals surface area contributed by atoms with E-state index in [9.17, 15) is 39.0 Å². The van der Waals surface area contributed by atoms with Gasteiger partial charge >= 0.3 is 23.9 Å². The van der Waals surface area contributed by atoms with Gasteiger partial charge in [0.2, 0.25) is 0 Å². The molecule has 0 atom stereocenters. The summed E-state index contributed by atoms with van der Waals surface area (Å²) in [6.45, 7) is 0. The Labute approximate surface area is 258 Å². The van der Waals surface area contributed by atoms with Gasteiger partial charge in [-0.1, -0.05) is 24.3 Å². The summed E-state index contributed by atoms with van der Waals surface area (Å²) in [5.74, 6) is -3.87. The number of phenols is 2. The molecule has 0 spiro atoms. The highest BCUT2D eigenvalue weighted by Gasteiger charge is 2.06. The first-order valence-electron chi connectivity index (χ1n) is 13.2. The summed E-state index contributed by atoms with van der Waals surface area (Å²) in [6, 6.07) is 9.34. The van der Waals surface area contributed by atoms with Crippen molar-refractivity contribution in [1.29, 1.82) is 0 Å². The fraction of sp³-hybridized carbons (Fsp3) is 0.290. The molecule has 0 saturated carbocycles. The van der Waals surface area contributed by atoms with E-state index in [2.05, 4.69) is 0 Å². The lowest BCUT2D eigenvalue weighted by Gasteiger charge is -2.03. The van der Waals surface area contributed by atoms with Gasteiger partial charge in [-0.2, -0.15) is 0 Å². The summed E-state index contributed by atoms with van der Waals surface area (Å²) in [5, 5.41) is 51.2. The van der Waals surface area contributed by atoms with E-state index in [0.717, 1.165) is 0 Å². The van der Waals surface area contributed by atoms with Crippen molar-refractivity contribution in [1.82, 2.24) is 0 Å². The van der Waals surface area contributed by atoms with Gasteiger partial charge in [0.15, 0.2) is 34.6 Å². The lowest BCUT2D eigenvalue weighted by Crippen LogP contribution is -2.01. The number of carbonyl (C=O) groups excluding carboxylic acids is 2. The lowest BCUT2D eigenvalue weighted by molar-refractivity contribution is -0.140. The highest BCUT2D eigenvalue weighted by molar-refractivity contribution is 6.10. The number of hydrogen-bond acceptors (Lipinski definition) is 10. The summed E-state index contributed by atoms with van der Waals surface area (Å²) in [6.07, 6.45) is 5.62. The van der Waals surface area contributed by atoms with Crippen molar-refractivity contribution in [3.05, 3.63) is 59.7 Å². The number of carbonyl (C=O) groups is 6. The predicted octanol–water partition coefficient (Wildman–Crippen LogP) is 4.02. The predicted molar refractivity (Wildman–Crippen MR) is 160 cm³/mol. The fourth-order valence-corrected chi connectivity index (χ4v) is 3.05. The van der Waals surface area contributed by atoms with Crippen molar-refractivity contribution in [2.24, 2.45) is 0 Å². The average molecular weight is 633 g/mol. The first kappa shape index (κ1) is 39.3. The van der Waals surface area contributed by atoms with E-state index in [4.69, 9.17) is 29.9 Å². The molecule has 0 aliphatic heterocycles. The van der Waals surface area contributed by atoms with Crippen LogP contribution in [-0.4, -0.2) is 80.3 Å². The molecule has 2 aromatic carbocycles. The largest absolute Gasteiger partial charge is 0.504 e. The molecule has 0 heterocycles. The van der Waals surface area contributed by atoms with Gasteiger partial charge in [0, 0.05) is 25.7 Å². The van der Waals surface area contributed by atoms with Crippen LogP contribution in [0.25, 0.3) is 12.2 Å². The molecule has 2 rings (SSSR count). The van der Waals surface area contributed by atoms with Crippen molar-refractivity contribution >= 4 is 47.6 Å². The van der Waals surface area contributed by atoms with Crippen LogP contribution in [0.1, 0.15) is 56.1 Å². The maximum Gasteiger partial charge on any atom is 0.303 e. The number of aromatic hydroxyl groups is 2. The van der Waals surface area contributed by atoms with Crippen molar-refractivity contribution in [2.45, 2.75) is 44.9 Å². The molecule has 0 bridgehead atoms. The van der Waals surface area contributed by atoms with Crippen LogP contribution < -0.4 is 9.47 Å². The normalized spacial score (nSPS) is 10.2.